The highest BCUT2D eigenvalue weighted by molar-refractivity contribution is 7.99. The molecule has 1 amide bonds. The fourth-order valence-electron chi connectivity index (χ4n) is 1.92. The normalized spacial score (nSPS) is 19.9. The van der Waals surface area contributed by atoms with Crippen molar-refractivity contribution in [2.45, 2.75) is 24.8 Å². The summed E-state index contributed by atoms with van der Waals surface area (Å²) in [6, 6.07) is 7.82. The summed E-state index contributed by atoms with van der Waals surface area (Å²) in [5, 5.41) is 3.08. The number of benzene rings is 1. The molecule has 1 aromatic rings. The van der Waals surface area contributed by atoms with Gasteiger partial charge in [-0.25, -0.2) is 0 Å². The van der Waals surface area contributed by atoms with Crippen LogP contribution in [0.2, 0.25) is 0 Å². The van der Waals surface area contributed by atoms with Crippen molar-refractivity contribution in [3.63, 3.8) is 0 Å². The van der Waals surface area contributed by atoms with Gasteiger partial charge in [0, 0.05) is 23.2 Å². The largest absolute Gasteiger partial charge is 0.348 e. The van der Waals surface area contributed by atoms with Crippen molar-refractivity contribution in [3.05, 3.63) is 35.4 Å². The molecule has 1 heterocycles. The van der Waals surface area contributed by atoms with E-state index < -0.39 is 0 Å². The van der Waals surface area contributed by atoms with Crippen LogP contribution in [0.5, 0.6) is 0 Å². The van der Waals surface area contributed by atoms with Gasteiger partial charge in [-0.15, -0.1) is 11.6 Å². The average Bonchev–Trinajstić information content (AvgIpc) is 2.40. The summed E-state index contributed by atoms with van der Waals surface area (Å²) in [5.74, 6) is 2.71. The maximum atomic E-state index is 12.0. The van der Waals surface area contributed by atoms with Crippen LogP contribution in [0.25, 0.3) is 0 Å². The number of hydrogen-bond acceptors (Lipinski definition) is 2. The van der Waals surface area contributed by atoms with Crippen molar-refractivity contribution >= 4 is 29.3 Å². The zero-order chi connectivity index (χ0) is 12.1. The van der Waals surface area contributed by atoms with Crippen LogP contribution in [0.3, 0.4) is 0 Å². The molecular weight excluding hydrogens is 254 g/mol. The Labute approximate surface area is 111 Å². The molecule has 0 aromatic heterocycles. The second-order valence-corrected chi connectivity index (χ2v) is 5.64. The number of carbonyl (C=O) groups is 1. The number of thioether (sulfide) groups is 1. The third kappa shape index (κ3) is 3.65. The summed E-state index contributed by atoms with van der Waals surface area (Å²) in [7, 11) is 0. The van der Waals surface area contributed by atoms with E-state index in [1.165, 1.54) is 12.2 Å². The first-order chi connectivity index (χ1) is 8.29. The van der Waals surface area contributed by atoms with E-state index in [0.29, 0.717) is 17.5 Å². The van der Waals surface area contributed by atoms with E-state index in [-0.39, 0.29) is 5.91 Å². The molecule has 1 N–H and O–H groups in total. The van der Waals surface area contributed by atoms with Gasteiger partial charge in [0.15, 0.2) is 0 Å². The molecule has 0 spiro atoms. The zero-order valence-corrected chi connectivity index (χ0v) is 11.2. The topological polar surface area (TPSA) is 29.1 Å². The number of halogens is 1. The Hall–Kier alpha value is -0.670. The second kappa shape index (κ2) is 6.31. The van der Waals surface area contributed by atoms with Crippen molar-refractivity contribution in [1.82, 2.24) is 5.32 Å². The molecule has 1 fully saturated rings. The van der Waals surface area contributed by atoms with E-state index in [1.807, 2.05) is 36.0 Å². The van der Waals surface area contributed by atoms with E-state index in [9.17, 15) is 4.79 Å². The molecule has 2 rings (SSSR count). The molecule has 1 aliphatic heterocycles. The lowest BCUT2D eigenvalue weighted by molar-refractivity contribution is 0.0938. The third-order valence-electron chi connectivity index (χ3n) is 2.84. The quantitative estimate of drug-likeness (QED) is 0.855. The second-order valence-electron chi connectivity index (χ2n) is 4.22. The Bertz CT molecular complexity index is 391. The number of carbonyl (C=O) groups excluding carboxylic acids is 1. The van der Waals surface area contributed by atoms with Gasteiger partial charge in [0.2, 0.25) is 0 Å². The van der Waals surface area contributed by atoms with E-state index >= 15 is 0 Å². The Kier molecular flexibility index (Phi) is 4.75. The minimum atomic E-state index is 0.0180. The van der Waals surface area contributed by atoms with Gasteiger partial charge in [-0.05, 0) is 36.3 Å². The SMILES string of the molecule is O=C(NC1CCCSC1)c1cccc(CCl)c1. The summed E-state index contributed by atoms with van der Waals surface area (Å²) >= 11 is 7.67. The molecule has 1 unspecified atom stereocenters. The maximum absolute atomic E-state index is 12.0. The van der Waals surface area contributed by atoms with Gasteiger partial charge in [-0.1, -0.05) is 12.1 Å². The van der Waals surface area contributed by atoms with Crippen LogP contribution >= 0.6 is 23.4 Å². The van der Waals surface area contributed by atoms with Crippen molar-refractivity contribution in [2.75, 3.05) is 11.5 Å². The van der Waals surface area contributed by atoms with E-state index in [2.05, 4.69) is 5.32 Å². The predicted molar refractivity (Wildman–Crippen MR) is 73.8 cm³/mol. The lowest BCUT2D eigenvalue weighted by atomic mass is 10.1. The Morgan fingerprint density at radius 2 is 2.41 bits per heavy atom. The molecule has 0 radical (unpaired) electrons. The first-order valence-corrected chi connectivity index (χ1v) is 7.52. The summed E-state index contributed by atoms with van der Waals surface area (Å²) in [4.78, 5) is 12.0. The molecule has 92 valence electrons. The van der Waals surface area contributed by atoms with Crippen LogP contribution in [0, 0.1) is 0 Å². The fraction of sp³-hybridized carbons (Fsp3) is 0.462. The minimum absolute atomic E-state index is 0.0180. The molecule has 4 heteroatoms. The van der Waals surface area contributed by atoms with Gasteiger partial charge in [-0.2, -0.15) is 11.8 Å². The van der Waals surface area contributed by atoms with Crippen LogP contribution in [-0.4, -0.2) is 23.5 Å². The highest BCUT2D eigenvalue weighted by atomic mass is 35.5. The van der Waals surface area contributed by atoms with Gasteiger partial charge >= 0.3 is 0 Å². The lowest BCUT2D eigenvalue weighted by Crippen LogP contribution is -2.38. The third-order valence-corrected chi connectivity index (χ3v) is 4.36. The van der Waals surface area contributed by atoms with Crippen LogP contribution < -0.4 is 5.32 Å². The van der Waals surface area contributed by atoms with Gasteiger partial charge in [0.25, 0.3) is 5.91 Å². The summed E-state index contributed by atoms with van der Waals surface area (Å²) in [6.45, 7) is 0. The van der Waals surface area contributed by atoms with Gasteiger partial charge in [-0.3, -0.25) is 4.79 Å². The maximum Gasteiger partial charge on any atom is 0.251 e. The predicted octanol–water partition coefficient (Wildman–Crippen LogP) is 3.05. The monoisotopic (exact) mass is 269 g/mol. The van der Waals surface area contributed by atoms with E-state index in [4.69, 9.17) is 11.6 Å². The van der Waals surface area contributed by atoms with Crippen molar-refractivity contribution in [1.29, 1.82) is 0 Å². The standard InChI is InChI=1S/C13H16ClNOS/c14-8-10-3-1-4-11(7-10)13(16)15-12-5-2-6-17-9-12/h1,3-4,7,12H,2,5-6,8-9H2,(H,15,16). The average molecular weight is 270 g/mol. The van der Waals surface area contributed by atoms with Gasteiger partial charge < -0.3 is 5.32 Å². The molecule has 1 aromatic carbocycles. The molecule has 1 aliphatic rings. The number of amides is 1. The highest BCUT2D eigenvalue weighted by Crippen LogP contribution is 2.17. The first kappa shape index (κ1) is 12.8. The number of alkyl halides is 1. The molecule has 1 atom stereocenters. The first-order valence-electron chi connectivity index (χ1n) is 5.83. The molecule has 17 heavy (non-hydrogen) atoms. The number of hydrogen-bond donors (Lipinski definition) is 1. The van der Waals surface area contributed by atoms with E-state index in [1.54, 1.807) is 0 Å². The zero-order valence-electron chi connectivity index (χ0n) is 9.62. The van der Waals surface area contributed by atoms with Gasteiger partial charge in [0.1, 0.15) is 0 Å². The number of nitrogens with one attached hydrogen (secondary N) is 1. The number of rotatable bonds is 3. The highest BCUT2D eigenvalue weighted by Gasteiger charge is 2.16. The van der Waals surface area contributed by atoms with Crippen LogP contribution in [-0.2, 0) is 5.88 Å². The fourth-order valence-corrected chi connectivity index (χ4v) is 3.16. The molecular formula is C13H16ClNOS. The van der Waals surface area contributed by atoms with Crippen LogP contribution in [0.4, 0.5) is 0 Å². The van der Waals surface area contributed by atoms with Crippen molar-refractivity contribution in [2.24, 2.45) is 0 Å². The molecule has 1 saturated heterocycles. The summed E-state index contributed by atoms with van der Waals surface area (Å²) in [6.07, 6.45) is 2.28. The molecule has 0 bridgehead atoms. The minimum Gasteiger partial charge on any atom is -0.348 e. The van der Waals surface area contributed by atoms with Crippen LogP contribution in [0.1, 0.15) is 28.8 Å². The summed E-state index contributed by atoms with van der Waals surface area (Å²) in [5.41, 5.74) is 1.69. The van der Waals surface area contributed by atoms with Gasteiger partial charge in [0.05, 0.1) is 0 Å². The molecule has 0 aliphatic carbocycles. The van der Waals surface area contributed by atoms with Crippen molar-refractivity contribution < 1.29 is 4.79 Å². The summed E-state index contributed by atoms with van der Waals surface area (Å²) < 4.78 is 0. The Morgan fingerprint density at radius 1 is 1.53 bits per heavy atom. The lowest BCUT2D eigenvalue weighted by Gasteiger charge is -2.22. The Balaban J connectivity index is 1.98. The molecule has 0 saturated carbocycles. The van der Waals surface area contributed by atoms with Crippen molar-refractivity contribution in [3.8, 4) is 0 Å². The van der Waals surface area contributed by atoms with Crippen LogP contribution in [0.15, 0.2) is 24.3 Å². The van der Waals surface area contributed by atoms with E-state index in [0.717, 1.165) is 17.7 Å². The molecule has 2 nitrogen and oxygen atoms in total. The smallest absolute Gasteiger partial charge is 0.251 e. The Morgan fingerprint density at radius 3 is 3.12 bits per heavy atom.